The van der Waals surface area contributed by atoms with Gasteiger partial charge in [0, 0.05) is 35.8 Å². The summed E-state index contributed by atoms with van der Waals surface area (Å²) in [5.74, 6) is 0.783. The lowest BCUT2D eigenvalue weighted by Crippen LogP contribution is -2.03. The van der Waals surface area contributed by atoms with Gasteiger partial charge in [-0.15, -0.1) is 5.10 Å². The Balaban J connectivity index is 1.96. The number of aromatic nitrogens is 6. The molecule has 0 unspecified atom stereocenters. The van der Waals surface area contributed by atoms with Crippen LogP contribution in [-0.4, -0.2) is 29.9 Å². The smallest absolute Gasteiger partial charge is 0.222 e. The molecule has 0 spiro atoms. The lowest BCUT2D eigenvalue weighted by Gasteiger charge is -2.06. The molecule has 23 heavy (non-hydrogen) atoms. The van der Waals surface area contributed by atoms with Crippen molar-refractivity contribution >= 4 is 17.0 Å². The number of rotatable bonds is 2. The minimum atomic E-state index is 0.199. The van der Waals surface area contributed by atoms with Crippen LogP contribution in [0.1, 0.15) is 5.56 Å². The Morgan fingerprint density at radius 3 is 2.78 bits per heavy atom. The van der Waals surface area contributed by atoms with Crippen LogP contribution in [0.25, 0.3) is 28.0 Å². The van der Waals surface area contributed by atoms with Crippen molar-refractivity contribution in [2.75, 3.05) is 5.73 Å². The number of hydrogen-bond acceptors (Lipinski definition) is 6. The van der Waals surface area contributed by atoms with E-state index in [4.69, 9.17) is 5.73 Å². The lowest BCUT2D eigenvalue weighted by molar-refractivity contribution is 0.799. The fourth-order valence-electron chi connectivity index (χ4n) is 2.56. The van der Waals surface area contributed by atoms with Gasteiger partial charge in [-0.25, -0.2) is 4.98 Å². The third-order valence-corrected chi connectivity index (χ3v) is 3.68. The van der Waals surface area contributed by atoms with Gasteiger partial charge in [0.2, 0.25) is 5.95 Å². The summed E-state index contributed by atoms with van der Waals surface area (Å²) in [6.07, 6.45) is 5.21. The number of anilines is 1. The molecule has 0 aliphatic heterocycles. The van der Waals surface area contributed by atoms with Gasteiger partial charge in [0.1, 0.15) is 5.52 Å². The average Bonchev–Trinajstić information content (AvgIpc) is 2.99. The molecule has 0 saturated heterocycles. The second kappa shape index (κ2) is 5.13. The molecule has 3 aromatic heterocycles. The van der Waals surface area contributed by atoms with Gasteiger partial charge in [-0.3, -0.25) is 4.98 Å². The molecule has 0 aliphatic carbocycles. The predicted octanol–water partition coefficient (Wildman–Crippen LogP) is 2.16. The highest BCUT2D eigenvalue weighted by Crippen LogP contribution is 2.29. The zero-order chi connectivity index (χ0) is 15.8. The van der Waals surface area contributed by atoms with Crippen LogP contribution in [0.15, 0.2) is 48.9 Å². The van der Waals surface area contributed by atoms with Gasteiger partial charge >= 0.3 is 0 Å². The molecule has 3 heterocycles. The SMILES string of the molecule is Cc1ccncc1-c1cccc2c1nnn2-c1ccnc(N)n1. The number of fused-ring (bicyclic) bond motifs is 1. The maximum absolute atomic E-state index is 5.66. The van der Waals surface area contributed by atoms with Crippen LogP contribution in [0.4, 0.5) is 5.95 Å². The molecular weight excluding hydrogens is 290 g/mol. The molecule has 0 aliphatic rings. The number of aryl methyl sites for hydroxylation is 1. The minimum absolute atomic E-state index is 0.199. The van der Waals surface area contributed by atoms with E-state index in [1.54, 1.807) is 23.1 Å². The zero-order valence-corrected chi connectivity index (χ0v) is 12.4. The van der Waals surface area contributed by atoms with E-state index in [0.717, 1.165) is 27.7 Å². The van der Waals surface area contributed by atoms with Crippen molar-refractivity contribution in [3.8, 4) is 16.9 Å². The molecule has 2 N–H and O–H groups in total. The fourth-order valence-corrected chi connectivity index (χ4v) is 2.56. The van der Waals surface area contributed by atoms with Crippen molar-refractivity contribution in [1.82, 2.24) is 29.9 Å². The summed E-state index contributed by atoms with van der Waals surface area (Å²) in [5, 5.41) is 8.55. The normalized spacial score (nSPS) is 11.0. The van der Waals surface area contributed by atoms with Gasteiger partial charge in [0.05, 0.1) is 5.52 Å². The monoisotopic (exact) mass is 303 g/mol. The molecule has 0 atom stereocenters. The average molecular weight is 303 g/mol. The van der Waals surface area contributed by atoms with Gasteiger partial charge in [-0.05, 0) is 24.6 Å². The number of nitrogen functional groups attached to an aromatic ring is 1. The molecule has 0 bridgehead atoms. The van der Waals surface area contributed by atoms with Gasteiger partial charge in [0.15, 0.2) is 5.82 Å². The van der Waals surface area contributed by atoms with Crippen molar-refractivity contribution in [2.45, 2.75) is 6.92 Å². The summed E-state index contributed by atoms with van der Waals surface area (Å²) in [7, 11) is 0. The van der Waals surface area contributed by atoms with Crippen LogP contribution in [0.2, 0.25) is 0 Å². The first-order valence-corrected chi connectivity index (χ1v) is 7.08. The number of nitrogens with two attached hydrogens (primary N) is 1. The summed E-state index contributed by atoms with van der Waals surface area (Å²) in [4.78, 5) is 12.3. The minimum Gasteiger partial charge on any atom is -0.368 e. The van der Waals surface area contributed by atoms with E-state index < -0.39 is 0 Å². The number of benzene rings is 1. The first kappa shape index (κ1) is 13.3. The van der Waals surface area contributed by atoms with Crippen LogP contribution in [0.5, 0.6) is 0 Å². The Bertz CT molecular complexity index is 1010. The molecule has 0 amide bonds. The quantitative estimate of drug-likeness (QED) is 0.609. The highest BCUT2D eigenvalue weighted by molar-refractivity contribution is 5.92. The van der Waals surface area contributed by atoms with Crippen molar-refractivity contribution in [2.24, 2.45) is 0 Å². The second-order valence-corrected chi connectivity index (χ2v) is 5.14. The Morgan fingerprint density at radius 1 is 1.04 bits per heavy atom. The molecule has 0 radical (unpaired) electrons. The molecule has 1 aromatic carbocycles. The van der Waals surface area contributed by atoms with Crippen LogP contribution < -0.4 is 5.73 Å². The summed E-state index contributed by atoms with van der Waals surface area (Å²) < 4.78 is 1.66. The largest absolute Gasteiger partial charge is 0.368 e. The van der Waals surface area contributed by atoms with Crippen molar-refractivity contribution < 1.29 is 0 Å². The van der Waals surface area contributed by atoms with Crippen LogP contribution in [0.3, 0.4) is 0 Å². The molecule has 7 nitrogen and oxygen atoms in total. The molecule has 0 fully saturated rings. The Kier molecular flexibility index (Phi) is 2.97. The highest BCUT2D eigenvalue weighted by atomic mass is 15.4. The molecule has 7 heteroatoms. The highest BCUT2D eigenvalue weighted by Gasteiger charge is 2.13. The first-order chi connectivity index (χ1) is 11.2. The summed E-state index contributed by atoms with van der Waals surface area (Å²) in [6.45, 7) is 2.05. The van der Waals surface area contributed by atoms with E-state index in [-0.39, 0.29) is 5.95 Å². The number of hydrogen-bond donors (Lipinski definition) is 1. The molecule has 0 saturated carbocycles. The maximum atomic E-state index is 5.66. The number of nitrogens with zero attached hydrogens (tertiary/aromatic N) is 6. The third-order valence-electron chi connectivity index (χ3n) is 3.68. The standard InChI is InChI=1S/C16H13N7/c1-10-5-7-18-9-12(10)11-3-2-4-13-15(11)21-22-23(13)14-6-8-19-16(17)20-14/h2-9H,1H3,(H2,17,19,20). The van der Waals surface area contributed by atoms with Crippen molar-refractivity contribution in [3.05, 3.63) is 54.5 Å². The lowest BCUT2D eigenvalue weighted by atomic mass is 10.0. The Labute approximate surface area is 131 Å². The topological polar surface area (TPSA) is 95.4 Å². The van der Waals surface area contributed by atoms with Crippen LogP contribution >= 0.6 is 0 Å². The second-order valence-electron chi connectivity index (χ2n) is 5.14. The molecule has 4 rings (SSSR count). The number of pyridine rings is 1. The van der Waals surface area contributed by atoms with E-state index in [2.05, 4.69) is 25.3 Å². The zero-order valence-electron chi connectivity index (χ0n) is 12.4. The van der Waals surface area contributed by atoms with E-state index in [1.165, 1.54) is 0 Å². The Morgan fingerprint density at radius 2 is 1.96 bits per heavy atom. The summed E-state index contributed by atoms with van der Waals surface area (Å²) in [5.41, 5.74) is 10.5. The van der Waals surface area contributed by atoms with Gasteiger partial charge in [-0.2, -0.15) is 9.67 Å². The third kappa shape index (κ3) is 2.18. The van der Waals surface area contributed by atoms with E-state index in [1.807, 2.05) is 37.4 Å². The summed E-state index contributed by atoms with van der Waals surface area (Å²) in [6, 6.07) is 9.65. The van der Waals surface area contributed by atoms with Crippen molar-refractivity contribution in [3.63, 3.8) is 0 Å². The molecular formula is C16H13N7. The van der Waals surface area contributed by atoms with Crippen LogP contribution in [0, 0.1) is 6.92 Å². The maximum Gasteiger partial charge on any atom is 0.222 e. The van der Waals surface area contributed by atoms with Gasteiger partial charge in [-0.1, -0.05) is 17.3 Å². The summed E-state index contributed by atoms with van der Waals surface area (Å²) >= 11 is 0. The van der Waals surface area contributed by atoms with E-state index >= 15 is 0 Å². The van der Waals surface area contributed by atoms with E-state index in [0.29, 0.717) is 5.82 Å². The van der Waals surface area contributed by atoms with Gasteiger partial charge in [0.25, 0.3) is 0 Å². The molecule has 4 aromatic rings. The first-order valence-electron chi connectivity index (χ1n) is 7.08. The fraction of sp³-hybridized carbons (Fsp3) is 0.0625. The Hall–Kier alpha value is -3.35. The van der Waals surface area contributed by atoms with Crippen LogP contribution in [-0.2, 0) is 0 Å². The van der Waals surface area contributed by atoms with Crippen molar-refractivity contribution in [1.29, 1.82) is 0 Å². The molecule has 112 valence electrons. The predicted molar refractivity (Wildman–Crippen MR) is 86.8 cm³/mol. The van der Waals surface area contributed by atoms with E-state index in [9.17, 15) is 0 Å². The van der Waals surface area contributed by atoms with Gasteiger partial charge < -0.3 is 5.73 Å².